The van der Waals surface area contributed by atoms with Crippen LogP contribution in [0.3, 0.4) is 0 Å². The second-order valence-corrected chi connectivity index (χ2v) is 18.9. The van der Waals surface area contributed by atoms with Gasteiger partial charge in [0.05, 0.1) is 44.8 Å². The van der Waals surface area contributed by atoms with Crippen molar-refractivity contribution in [1.29, 1.82) is 0 Å². The first-order chi connectivity index (χ1) is 33.0. The van der Waals surface area contributed by atoms with Gasteiger partial charge < -0.3 is 66.8 Å². The molecular weight excluding hydrogens is 1110 g/mol. The van der Waals surface area contributed by atoms with Crippen molar-refractivity contribution in [3.63, 3.8) is 0 Å². The van der Waals surface area contributed by atoms with E-state index in [1.165, 1.54) is 88.4 Å². The van der Waals surface area contributed by atoms with Crippen LogP contribution in [-0.4, -0.2) is 163 Å². The van der Waals surface area contributed by atoms with Gasteiger partial charge in [0, 0.05) is 58.7 Å². The molecule has 1 unspecified atom stereocenters. The molecule has 0 aliphatic heterocycles. The zero-order valence-electron chi connectivity index (χ0n) is 43.3. The fourth-order valence-electron chi connectivity index (χ4n) is 7.28. The molecule has 0 spiro atoms. The molecule has 1 radical (unpaired) electrons. The number of aliphatic carboxylic acids is 4. The number of hydrogen-bond acceptors (Lipinski definition) is 20. The van der Waals surface area contributed by atoms with Crippen molar-refractivity contribution >= 4 is 49.5 Å². The SMILES string of the molecule is CCCCCCCCCCCCCC(=O)OC[C@H](COP(=O)(O)OCCN=C([O-])CN(CCN(CCN(CC(=O)O)CC(=O)O)CC(=O)[O-])CC(=O)[O-])OC(=O)CCCCCCCCCCCCC.N.N.[Gd+3]. The number of carboxylic acids is 4. The number of carboxylic acid groups (broad SMARTS) is 4. The summed E-state index contributed by atoms with van der Waals surface area (Å²) in [6.07, 6.45) is 23.4. The van der Waals surface area contributed by atoms with Crippen LogP contribution in [0.2, 0.25) is 0 Å². The second-order valence-electron chi connectivity index (χ2n) is 17.5. The Hall–Kier alpha value is -2.48. The summed E-state index contributed by atoms with van der Waals surface area (Å²) in [6, 6.07) is 0. The second kappa shape index (κ2) is 50.7. The van der Waals surface area contributed by atoms with Gasteiger partial charge in [-0.2, -0.15) is 0 Å². The molecule has 0 saturated heterocycles. The number of phosphoric acid groups is 1. The molecule has 72 heavy (non-hydrogen) atoms. The van der Waals surface area contributed by atoms with Gasteiger partial charge in [-0.1, -0.05) is 142 Å². The first-order valence-corrected chi connectivity index (χ1v) is 26.6. The summed E-state index contributed by atoms with van der Waals surface area (Å²) >= 11 is 0. The van der Waals surface area contributed by atoms with Crippen molar-refractivity contribution in [3.8, 4) is 0 Å². The van der Waals surface area contributed by atoms with Gasteiger partial charge in [0.2, 0.25) is 0 Å². The average Bonchev–Trinajstić information content (AvgIpc) is 3.27. The Morgan fingerprint density at radius 1 is 0.528 bits per heavy atom. The molecule has 9 N–H and O–H groups in total. The Morgan fingerprint density at radius 3 is 1.32 bits per heavy atom. The summed E-state index contributed by atoms with van der Waals surface area (Å²) in [7, 11) is -4.82. The zero-order valence-corrected chi connectivity index (χ0v) is 46.5. The van der Waals surface area contributed by atoms with Gasteiger partial charge in [-0.15, -0.1) is 0 Å². The topological polar surface area (TPSA) is 378 Å². The summed E-state index contributed by atoms with van der Waals surface area (Å²) < 4.78 is 33.7. The van der Waals surface area contributed by atoms with Crippen LogP contribution < -0.4 is 27.6 Å². The van der Waals surface area contributed by atoms with Gasteiger partial charge in [-0.05, 0) is 18.7 Å². The molecule has 0 aromatic heterocycles. The molecular formula is C47H90GdN6O17P. The molecule has 0 fully saturated rings. The van der Waals surface area contributed by atoms with Crippen LogP contribution in [-0.2, 0) is 51.9 Å². The van der Waals surface area contributed by atoms with E-state index in [9.17, 15) is 53.5 Å². The van der Waals surface area contributed by atoms with Crippen LogP contribution in [0, 0.1) is 39.9 Å². The number of phosphoric ester groups is 1. The Kier molecular flexibility index (Phi) is 53.5. The third kappa shape index (κ3) is 51.0. The molecule has 0 aliphatic carbocycles. The summed E-state index contributed by atoms with van der Waals surface area (Å²) in [4.78, 5) is 87.8. The van der Waals surface area contributed by atoms with Crippen LogP contribution >= 0.6 is 7.82 Å². The van der Waals surface area contributed by atoms with Crippen LogP contribution in [0.15, 0.2) is 4.99 Å². The largest absolute Gasteiger partial charge is 3.00 e. The maximum absolute atomic E-state index is 12.8. The minimum atomic E-state index is -4.82. The molecule has 0 amide bonds. The van der Waals surface area contributed by atoms with Crippen LogP contribution in [0.1, 0.15) is 168 Å². The average molecular weight is 1200 g/mol. The number of unbranched alkanes of at least 4 members (excludes halogenated alkanes) is 20. The Labute approximate surface area is 460 Å². The first kappa shape index (κ1) is 76.0. The van der Waals surface area contributed by atoms with Crippen molar-refractivity contribution in [2.45, 2.75) is 174 Å². The summed E-state index contributed by atoms with van der Waals surface area (Å²) in [5.74, 6) is -7.64. The molecule has 0 saturated carbocycles. The van der Waals surface area contributed by atoms with E-state index < -0.39 is 115 Å². The van der Waals surface area contributed by atoms with Gasteiger partial charge in [0.15, 0.2) is 6.10 Å². The number of ether oxygens (including phenoxy) is 2. The van der Waals surface area contributed by atoms with Crippen LogP contribution in [0.5, 0.6) is 0 Å². The fourth-order valence-corrected chi connectivity index (χ4v) is 8.02. The maximum Gasteiger partial charge on any atom is 3.00 e. The van der Waals surface area contributed by atoms with E-state index in [0.717, 1.165) is 54.7 Å². The van der Waals surface area contributed by atoms with Crippen molar-refractivity contribution in [2.75, 3.05) is 85.3 Å². The van der Waals surface area contributed by atoms with Crippen molar-refractivity contribution in [1.82, 2.24) is 27.0 Å². The predicted molar refractivity (Wildman–Crippen MR) is 262 cm³/mol. The van der Waals surface area contributed by atoms with Crippen molar-refractivity contribution < 1.29 is 122 Å². The standard InChI is InChI=1S/C47H87N4O17P.Gd.2H3N/c1-3-5-7-9-11-13-15-17-19-21-23-25-46(61)65-38-40(68-47(62)26-24-22-20-18-16-14-12-10-8-6-4-2)39-67-69(63,64)66-32-27-48-41(52)33-50(35-43(55)56)30-28-49(34-42(53)54)29-31-51(36-44(57)58)37-45(59)60;;;/h40H,3-39H2,1-2H3,(H,48,52)(H,53,54)(H,55,56)(H,57,58)(H,59,60)(H,63,64);;2*1H3/q;+3;;/p-3/t40-;;;/m1.../s1. The molecule has 423 valence electrons. The van der Waals surface area contributed by atoms with Crippen LogP contribution in [0.25, 0.3) is 0 Å². The van der Waals surface area contributed by atoms with E-state index in [0.29, 0.717) is 12.8 Å². The number of aliphatic imine (C=N–C) groups is 1. The van der Waals surface area contributed by atoms with Crippen molar-refractivity contribution in [2.24, 2.45) is 4.99 Å². The quantitative estimate of drug-likeness (QED) is 0.0191. The molecule has 0 aromatic carbocycles. The third-order valence-corrected chi connectivity index (χ3v) is 12.0. The Bertz CT molecular complexity index is 1490. The van der Waals surface area contributed by atoms with Gasteiger partial charge >= 0.3 is 71.6 Å². The van der Waals surface area contributed by atoms with Gasteiger partial charge in [0.25, 0.3) is 0 Å². The van der Waals surface area contributed by atoms with Crippen LogP contribution in [0.4, 0.5) is 0 Å². The Morgan fingerprint density at radius 2 is 0.903 bits per heavy atom. The van der Waals surface area contributed by atoms with E-state index in [-0.39, 0.29) is 91.3 Å². The molecule has 0 bridgehead atoms. The molecule has 0 aromatic rings. The summed E-state index contributed by atoms with van der Waals surface area (Å²) in [5, 5.41) is 53.6. The van der Waals surface area contributed by atoms with Gasteiger partial charge in [-0.3, -0.25) is 42.9 Å². The first-order valence-electron chi connectivity index (χ1n) is 25.1. The number of carbonyl (C=O) groups is 6. The van der Waals surface area contributed by atoms with E-state index in [2.05, 4.69) is 18.8 Å². The molecule has 25 heteroatoms. The number of rotatable bonds is 50. The number of nitrogens with zero attached hydrogens (tertiary/aromatic N) is 4. The third-order valence-electron chi connectivity index (χ3n) is 11.0. The normalized spacial score (nSPS) is 12.6. The maximum atomic E-state index is 12.8. The molecule has 23 nitrogen and oxygen atoms in total. The minimum Gasteiger partial charge on any atom is -0.861 e. The van der Waals surface area contributed by atoms with Crippen molar-refractivity contribution in [3.05, 3.63) is 0 Å². The predicted octanol–water partition coefficient (Wildman–Crippen LogP) is 3.64. The number of carbonyl (C=O) groups excluding carboxylic acids is 4. The molecule has 2 atom stereocenters. The van der Waals surface area contributed by atoms with E-state index in [1.54, 1.807) is 0 Å². The Balaban J connectivity index is -0.00000771. The number of hydrogen-bond donors (Lipinski definition) is 5. The fraction of sp³-hybridized carbons (Fsp3) is 0.851. The van der Waals surface area contributed by atoms with Gasteiger partial charge in [-0.25, -0.2) is 4.57 Å². The summed E-state index contributed by atoms with van der Waals surface area (Å²) in [6.45, 7) is -1.69. The summed E-state index contributed by atoms with van der Waals surface area (Å²) in [5.41, 5.74) is 0. The molecule has 0 rings (SSSR count). The van der Waals surface area contributed by atoms with E-state index >= 15 is 0 Å². The monoisotopic (exact) mass is 1200 g/mol. The smallest absolute Gasteiger partial charge is 0.861 e. The zero-order chi connectivity index (χ0) is 51.5. The number of esters is 2. The van der Waals surface area contributed by atoms with E-state index in [4.69, 9.17) is 28.7 Å². The van der Waals surface area contributed by atoms with E-state index in [1.807, 2.05) is 0 Å². The minimum absolute atomic E-state index is 0. The molecule has 0 heterocycles. The molecule has 0 aliphatic rings. The van der Waals surface area contributed by atoms with Gasteiger partial charge in [0.1, 0.15) is 6.61 Å².